The van der Waals surface area contributed by atoms with Crippen LogP contribution in [-0.4, -0.2) is 22.5 Å². The Balaban J connectivity index is 1.35. The number of fused-ring (bicyclic) bond motifs is 1. The number of carbonyl (C=O) groups is 1. The summed E-state index contributed by atoms with van der Waals surface area (Å²) in [6.07, 6.45) is 11.5. The number of ether oxygens (including phenoxy) is 1. The van der Waals surface area contributed by atoms with Crippen LogP contribution >= 0.6 is 0 Å². The predicted molar refractivity (Wildman–Crippen MR) is 98.8 cm³/mol. The number of nitrogens with zero attached hydrogens (tertiary/aromatic N) is 2. The maximum absolute atomic E-state index is 12.4. The zero-order valence-corrected chi connectivity index (χ0v) is 15.0. The summed E-state index contributed by atoms with van der Waals surface area (Å²) < 4.78 is 5.71. The molecule has 1 amide bonds. The molecule has 1 saturated heterocycles. The summed E-state index contributed by atoms with van der Waals surface area (Å²) in [5, 5.41) is 2.97. The van der Waals surface area contributed by atoms with Gasteiger partial charge in [0.2, 0.25) is 0 Å². The van der Waals surface area contributed by atoms with Gasteiger partial charge in [0.25, 0.3) is 5.91 Å². The smallest absolute Gasteiger partial charge is 0.251 e. The molecule has 1 aliphatic heterocycles. The van der Waals surface area contributed by atoms with E-state index in [1.54, 1.807) is 12.4 Å². The molecule has 2 aliphatic rings. The molecule has 4 rings (SSSR count). The minimum atomic E-state index is -0.0435. The monoisotopic (exact) mass is 351 g/mol. The molecule has 0 bridgehead atoms. The second-order valence-corrected chi connectivity index (χ2v) is 7.18. The Morgan fingerprint density at radius 1 is 1.08 bits per heavy atom. The lowest BCUT2D eigenvalue weighted by Gasteiger charge is -2.21. The summed E-state index contributed by atoms with van der Waals surface area (Å²) >= 11 is 0. The number of carbonyl (C=O) groups excluding carboxylic acids is 1. The van der Waals surface area contributed by atoms with Gasteiger partial charge in [-0.1, -0.05) is 6.07 Å². The van der Waals surface area contributed by atoms with Gasteiger partial charge in [-0.2, -0.15) is 0 Å². The van der Waals surface area contributed by atoms with Crippen LogP contribution in [0.25, 0.3) is 0 Å². The number of aryl methyl sites for hydroxylation is 2. The van der Waals surface area contributed by atoms with E-state index in [-0.39, 0.29) is 12.0 Å². The van der Waals surface area contributed by atoms with E-state index < -0.39 is 0 Å². The van der Waals surface area contributed by atoms with Crippen molar-refractivity contribution >= 4 is 5.91 Å². The fourth-order valence-corrected chi connectivity index (χ4v) is 3.73. The van der Waals surface area contributed by atoms with Crippen LogP contribution in [0, 0.1) is 0 Å². The number of rotatable bonds is 4. The molecule has 1 N–H and O–H groups in total. The van der Waals surface area contributed by atoms with E-state index in [1.165, 1.54) is 24.0 Å². The highest BCUT2D eigenvalue weighted by atomic mass is 16.5. The topological polar surface area (TPSA) is 64.1 Å². The van der Waals surface area contributed by atoms with Crippen LogP contribution in [0.4, 0.5) is 0 Å². The Labute approximate surface area is 154 Å². The van der Waals surface area contributed by atoms with Gasteiger partial charge < -0.3 is 10.1 Å². The zero-order valence-electron chi connectivity index (χ0n) is 15.0. The normalized spacial score (nSPS) is 19.6. The van der Waals surface area contributed by atoms with Crippen LogP contribution in [0.1, 0.15) is 71.1 Å². The first-order chi connectivity index (χ1) is 12.8. The third-order valence-electron chi connectivity index (χ3n) is 5.26. The second-order valence-electron chi connectivity index (χ2n) is 7.18. The maximum Gasteiger partial charge on any atom is 0.251 e. The van der Waals surface area contributed by atoms with Crippen molar-refractivity contribution in [1.82, 2.24) is 15.3 Å². The molecular weight excluding hydrogens is 326 g/mol. The number of aromatic nitrogens is 2. The SMILES string of the molecule is O=C(NCc1cnc(C2CCCCO2)nc1)c1ccc2c(c1)CCCC2. The van der Waals surface area contributed by atoms with Crippen molar-refractivity contribution < 1.29 is 9.53 Å². The third kappa shape index (κ3) is 3.93. The summed E-state index contributed by atoms with van der Waals surface area (Å²) in [5.41, 5.74) is 4.35. The Morgan fingerprint density at radius 3 is 2.65 bits per heavy atom. The van der Waals surface area contributed by atoms with E-state index in [2.05, 4.69) is 21.4 Å². The molecule has 1 fully saturated rings. The lowest BCUT2D eigenvalue weighted by Crippen LogP contribution is -2.23. The van der Waals surface area contributed by atoms with Crippen molar-refractivity contribution in [3.8, 4) is 0 Å². The molecule has 1 aromatic carbocycles. The molecule has 5 nitrogen and oxygen atoms in total. The first-order valence-corrected chi connectivity index (χ1v) is 9.62. The minimum Gasteiger partial charge on any atom is -0.370 e. The van der Waals surface area contributed by atoms with Gasteiger partial charge in [-0.15, -0.1) is 0 Å². The summed E-state index contributed by atoms with van der Waals surface area (Å²) in [5.74, 6) is 0.701. The van der Waals surface area contributed by atoms with Crippen LogP contribution < -0.4 is 5.32 Å². The number of hydrogen-bond donors (Lipinski definition) is 1. The van der Waals surface area contributed by atoms with Crippen molar-refractivity contribution in [2.45, 2.75) is 57.6 Å². The molecule has 136 valence electrons. The minimum absolute atomic E-state index is 0.0166. The van der Waals surface area contributed by atoms with Crippen LogP contribution in [0.5, 0.6) is 0 Å². The second kappa shape index (κ2) is 7.96. The van der Waals surface area contributed by atoms with E-state index >= 15 is 0 Å². The van der Waals surface area contributed by atoms with Gasteiger partial charge in [-0.25, -0.2) is 9.97 Å². The molecule has 0 spiro atoms. The molecule has 1 aliphatic carbocycles. The molecule has 0 radical (unpaired) electrons. The van der Waals surface area contributed by atoms with Crippen molar-refractivity contribution in [2.75, 3.05) is 6.61 Å². The van der Waals surface area contributed by atoms with Crippen molar-refractivity contribution in [2.24, 2.45) is 0 Å². The number of nitrogens with one attached hydrogen (secondary N) is 1. The van der Waals surface area contributed by atoms with Crippen LogP contribution in [-0.2, 0) is 24.1 Å². The van der Waals surface area contributed by atoms with Gasteiger partial charge in [0, 0.05) is 36.7 Å². The fraction of sp³-hybridized carbons (Fsp3) is 0.476. The summed E-state index contributed by atoms with van der Waals surface area (Å²) in [6.45, 7) is 1.22. The molecule has 2 aromatic rings. The van der Waals surface area contributed by atoms with Gasteiger partial charge in [0.15, 0.2) is 5.82 Å². The maximum atomic E-state index is 12.4. The third-order valence-corrected chi connectivity index (χ3v) is 5.26. The van der Waals surface area contributed by atoms with E-state index in [0.29, 0.717) is 6.54 Å². The standard InChI is InChI=1S/C21H25N3O2/c25-21(18-9-8-16-5-1-2-6-17(16)11-18)24-14-15-12-22-20(23-13-15)19-7-3-4-10-26-19/h8-9,11-13,19H,1-7,10,14H2,(H,24,25). The highest BCUT2D eigenvalue weighted by molar-refractivity contribution is 5.94. The van der Waals surface area contributed by atoms with Crippen LogP contribution in [0.2, 0.25) is 0 Å². The fourth-order valence-electron chi connectivity index (χ4n) is 3.73. The van der Waals surface area contributed by atoms with Gasteiger partial charge in [-0.05, 0) is 68.2 Å². The summed E-state index contributed by atoms with van der Waals surface area (Å²) in [4.78, 5) is 21.3. The van der Waals surface area contributed by atoms with Gasteiger partial charge in [-0.3, -0.25) is 4.79 Å². The average Bonchev–Trinajstić information content (AvgIpc) is 2.72. The quantitative estimate of drug-likeness (QED) is 0.915. The van der Waals surface area contributed by atoms with E-state index in [9.17, 15) is 4.79 Å². The summed E-state index contributed by atoms with van der Waals surface area (Å²) in [6, 6.07) is 6.08. The Hall–Kier alpha value is -2.27. The number of hydrogen-bond acceptors (Lipinski definition) is 4. The lowest BCUT2D eigenvalue weighted by atomic mass is 9.90. The molecule has 2 heterocycles. The first-order valence-electron chi connectivity index (χ1n) is 9.62. The van der Waals surface area contributed by atoms with Crippen molar-refractivity contribution in [1.29, 1.82) is 0 Å². The summed E-state index contributed by atoms with van der Waals surface area (Å²) in [7, 11) is 0. The van der Waals surface area contributed by atoms with Crippen molar-refractivity contribution in [3.63, 3.8) is 0 Å². The predicted octanol–water partition coefficient (Wildman–Crippen LogP) is 3.53. The van der Waals surface area contributed by atoms with E-state index in [0.717, 1.165) is 55.7 Å². The molecule has 5 heteroatoms. The van der Waals surface area contributed by atoms with Crippen LogP contribution in [0.3, 0.4) is 0 Å². The molecule has 1 atom stereocenters. The largest absolute Gasteiger partial charge is 0.370 e. The Kier molecular flexibility index (Phi) is 5.25. The Bertz CT molecular complexity index is 767. The average molecular weight is 351 g/mol. The highest BCUT2D eigenvalue weighted by Crippen LogP contribution is 2.25. The Morgan fingerprint density at radius 2 is 1.88 bits per heavy atom. The van der Waals surface area contributed by atoms with Crippen molar-refractivity contribution in [3.05, 3.63) is 58.7 Å². The van der Waals surface area contributed by atoms with Crippen LogP contribution in [0.15, 0.2) is 30.6 Å². The molecule has 26 heavy (non-hydrogen) atoms. The van der Waals surface area contributed by atoms with Gasteiger partial charge in [0.1, 0.15) is 6.10 Å². The molecule has 1 unspecified atom stereocenters. The number of benzene rings is 1. The van der Waals surface area contributed by atoms with E-state index in [1.807, 2.05) is 12.1 Å². The molecular formula is C21H25N3O2. The van der Waals surface area contributed by atoms with E-state index in [4.69, 9.17) is 4.74 Å². The highest BCUT2D eigenvalue weighted by Gasteiger charge is 2.18. The number of amides is 1. The molecule has 0 saturated carbocycles. The zero-order chi connectivity index (χ0) is 17.8. The van der Waals surface area contributed by atoms with Gasteiger partial charge in [0.05, 0.1) is 0 Å². The lowest BCUT2D eigenvalue weighted by molar-refractivity contribution is 0.00940. The van der Waals surface area contributed by atoms with Gasteiger partial charge >= 0.3 is 0 Å². The first kappa shape index (κ1) is 17.2. The molecule has 1 aromatic heterocycles.